The number of carbonyl (C=O) groups is 1. The standard InChI is InChI=1S/C18H18F3N3O2S/c19-18(20,21)12-2-1-3-14(8-12)24-16(11-4-5-11)15(9-22-24)17(25)23-13-6-7-27(26)10-13/h1-3,8-9,11,13H,4-7,10H2,(H,23,25)/t13-,27-/m0/s1. The van der Waals surface area contributed by atoms with Crippen LogP contribution in [0.15, 0.2) is 30.5 Å². The highest BCUT2D eigenvalue weighted by molar-refractivity contribution is 7.85. The number of halogens is 3. The number of nitrogens with zero attached hydrogens (tertiary/aromatic N) is 2. The average molecular weight is 397 g/mol. The summed E-state index contributed by atoms with van der Waals surface area (Å²) in [5.74, 6) is 0.815. The van der Waals surface area contributed by atoms with Gasteiger partial charge in [-0.15, -0.1) is 0 Å². The van der Waals surface area contributed by atoms with Gasteiger partial charge in [-0.2, -0.15) is 18.3 Å². The molecule has 1 saturated carbocycles. The molecule has 2 fully saturated rings. The number of carbonyl (C=O) groups excluding carboxylic acids is 1. The topological polar surface area (TPSA) is 64.0 Å². The Bertz CT molecular complexity index is 905. The van der Waals surface area contributed by atoms with Crippen LogP contribution in [0.2, 0.25) is 0 Å². The van der Waals surface area contributed by atoms with Crippen LogP contribution >= 0.6 is 0 Å². The fraction of sp³-hybridized carbons (Fsp3) is 0.444. The largest absolute Gasteiger partial charge is 0.416 e. The highest BCUT2D eigenvalue weighted by atomic mass is 32.2. The van der Waals surface area contributed by atoms with Crippen molar-refractivity contribution >= 4 is 16.7 Å². The Balaban J connectivity index is 1.65. The predicted octanol–water partition coefficient (Wildman–Crippen LogP) is 3.02. The van der Waals surface area contributed by atoms with E-state index in [2.05, 4.69) is 10.4 Å². The minimum Gasteiger partial charge on any atom is -0.348 e. The summed E-state index contributed by atoms with van der Waals surface area (Å²) in [6, 6.07) is 4.81. The molecule has 0 radical (unpaired) electrons. The Kier molecular flexibility index (Phi) is 4.57. The van der Waals surface area contributed by atoms with E-state index in [0.29, 0.717) is 29.2 Å². The number of hydrogen-bond donors (Lipinski definition) is 1. The zero-order valence-electron chi connectivity index (χ0n) is 14.3. The van der Waals surface area contributed by atoms with Crippen molar-refractivity contribution in [2.45, 2.75) is 37.4 Å². The second-order valence-corrected chi connectivity index (χ2v) is 8.57. The fourth-order valence-corrected chi connectivity index (χ4v) is 4.76. The van der Waals surface area contributed by atoms with E-state index in [1.54, 1.807) is 6.07 Å². The maximum atomic E-state index is 13.0. The lowest BCUT2D eigenvalue weighted by molar-refractivity contribution is -0.137. The van der Waals surface area contributed by atoms with Crippen molar-refractivity contribution in [3.63, 3.8) is 0 Å². The third-order valence-electron chi connectivity index (χ3n) is 4.85. The van der Waals surface area contributed by atoms with Gasteiger partial charge in [-0.05, 0) is 37.5 Å². The molecule has 0 spiro atoms. The quantitative estimate of drug-likeness (QED) is 0.863. The van der Waals surface area contributed by atoms with E-state index in [1.165, 1.54) is 16.9 Å². The van der Waals surface area contributed by atoms with E-state index < -0.39 is 22.5 Å². The Hall–Kier alpha value is -2.16. The van der Waals surface area contributed by atoms with Crippen molar-refractivity contribution in [1.29, 1.82) is 0 Å². The van der Waals surface area contributed by atoms with E-state index in [1.807, 2.05) is 0 Å². The summed E-state index contributed by atoms with van der Waals surface area (Å²) in [6.07, 6.45) is -0.619. The maximum absolute atomic E-state index is 13.0. The van der Waals surface area contributed by atoms with Gasteiger partial charge in [-0.1, -0.05) is 6.07 Å². The SMILES string of the molecule is O=C(N[C@H]1CC[S@](=O)C1)c1cnn(-c2cccc(C(F)(F)F)c2)c1C1CC1. The molecule has 2 heterocycles. The summed E-state index contributed by atoms with van der Waals surface area (Å²) in [7, 11) is -0.905. The van der Waals surface area contributed by atoms with Crippen molar-refractivity contribution in [1.82, 2.24) is 15.1 Å². The van der Waals surface area contributed by atoms with Crippen LogP contribution in [-0.2, 0) is 17.0 Å². The van der Waals surface area contributed by atoms with E-state index >= 15 is 0 Å². The van der Waals surface area contributed by atoms with Crippen molar-refractivity contribution in [3.05, 3.63) is 47.3 Å². The smallest absolute Gasteiger partial charge is 0.348 e. The first-order chi connectivity index (χ1) is 12.8. The summed E-state index contributed by atoms with van der Waals surface area (Å²) in [5, 5.41) is 7.09. The minimum absolute atomic E-state index is 0.112. The molecule has 1 aromatic carbocycles. The van der Waals surface area contributed by atoms with E-state index in [9.17, 15) is 22.2 Å². The van der Waals surface area contributed by atoms with Gasteiger partial charge in [0.05, 0.1) is 28.7 Å². The van der Waals surface area contributed by atoms with Crippen LogP contribution in [0, 0.1) is 0 Å². The van der Waals surface area contributed by atoms with Gasteiger partial charge < -0.3 is 5.32 Å². The maximum Gasteiger partial charge on any atom is 0.416 e. The molecule has 1 saturated heterocycles. The number of aromatic nitrogens is 2. The van der Waals surface area contributed by atoms with Crippen LogP contribution in [0.1, 0.15) is 46.8 Å². The average Bonchev–Trinajstić information content (AvgIpc) is 3.22. The van der Waals surface area contributed by atoms with Gasteiger partial charge in [0.1, 0.15) is 0 Å². The lowest BCUT2D eigenvalue weighted by Crippen LogP contribution is -2.35. The van der Waals surface area contributed by atoms with Crippen LogP contribution in [0.3, 0.4) is 0 Å². The second kappa shape index (κ2) is 6.78. The Morgan fingerprint density at radius 1 is 1.26 bits per heavy atom. The molecule has 1 aromatic heterocycles. The van der Waals surface area contributed by atoms with Crippen LogP contribution in [-0.4, -0.2) is 37.4 Å². The first kappa shape index (κ1) is 18.2. The van der Waals surface area contributed by atoms with Crippen molar-refractivity contribution in [2.75, 3.05) is 11.5 Å². The number of benzene rings is 1. The predicted molar refractivity (Wildman–Crippen MR) is 94.3 cm³/mol. The van der Waals surface area contributed by atoms with E-state index in [4.69, 9.17) is 0 Å². The van der Waals surface area contributed by atoms with Gasteiger partial charge >= 0.3 is 6.18 Å². The van der Waals surface area contributed by atoms with Gasteiger partial charge in [-0.3, -0.25) is 9.00 Å². The Labute approximate surface area is 156 Å². The molecule has 4 rings (SSSR count). The van der Waals surface area contributed by atoms with Gasteiger partial charge in [0.15, 0.2) is 0 Å². The number of nitrogens with one attached hydrogen (secondary N) is 1. The zero-order valence-corrected chi connectivity index (χ0v) is 15.1. The molecule has 0 bridgehead atoms. The number of amides is 1. The first-order valence-corrected chi connectivity index (χ1v) is 10.2. The number of hydrogen-bond acceptors (Lipinski definition) is 3. The molecule has 2 aromatic rings. The summed E-state index contributed by atoms with van der Waals surface area (Å²) in [6.45, 7) is 0. The third kappa shape index (κ3) is 3.78. The molecule has 2 aliphatic rings. The Morgan fingerprint density at radius 2 is 2.04 bits per heavy atom. The molecule has 27 heavy (non-hydrogen) atoms. The lowest BCUT2D eigenvalue weighted by Gasteiger charge is -2.13. The monoisotopic (exact) mass is 397 g/mol. The highest BCUT2D eigenvalue weighted by Crippen LogP contribution is 2.43. The molecule has 0 unspecified atom stereocenters. The second-order valence-electron chi connectivity index (χ2n) is 6.95. The van der Waals surface area contributed by atoms with Crippen molar-refractivity contribution in [2.24, 2.45) is 0 Å². The van der Waals surface area contributed by atoms with E-state index in [-0.39, 0.29) is 23.6 Å². The normalized spacial score (nSPS) is 22.8. The molecule has 2 atom stereocenters. The summed E-state index contributed by atoms with van der Waals surface area (Å²) in [5.41, 5.74) is 0.558. The number of alkyl halides is 3. The fourth-order valence-electron chi connectivity index (χ4n) is 3.34. The zero-order chi connectivity index (χ0) is 19.2. The molecule has 1 aliphatic carbocycles. The van der Waals surface area contributed by atoms with Crippen LogP contribution in [0.25, 0.3) is 5.69 Å². The summed E-state index contributed by atoms with van der Waals surface area (Å²) < 4.78 is 52.0. The molecular weight excluding hydrogens is 379 g/mol. The molecule has 1 amide bonds. The summed E-state index contributed by atoms with van der Waals surface area (Å²) in [4.78, 5) is 12.7. The van der Waals surface area contributed by atoms with Gasteiger partial charge in [-0.25, -0.2) is 4.68 Å². The summed E-state index contributed by atoms with van der Waals surface area (Å²) >= 11 is 0. The highest BCUT2D eigenvalue weighted by Gasteiger charge is 2.35. The molecule has 1 aliphatic heterocycles. The van der Waals surface area contributed by atoms with E-state index in [0.717, 1.165) is 25.0 Å². The van der Waals surface area contributed by atoms with Gasteiger partial charge in [0.25, 0.3) is 5.91 Å². The molecule has 1 N–H and O–H groups in total. The Morgan fingerprint density at radius 3 is 2.67 bits per heavy atom. The first-order valence-electron chi connectivity index (χ1n) is 8.74. The third-order valence-corrected chi connectivity index (χ3v) is 6.31. The van der Waals surface area contributed by atoms with Crippen LogP contribution < -0.4 is 5.32 Å². The van der Waals surface area contributed by atoms with Crippen LogP contribution in [0.5, 0.6) is 0 Å². The molecule has 144 valence electrons. The van der Waals surface area contributed by atoms with Gasteiger partial charge in [0, 0.05) is 34.3 Å². The van der Waals surface area contributed by atoms with Crippen LogP contribution in [0.4, 0.5) is 13.2 Å². The lowest BCUT2D eigenvalue weighted by atomic mass is 10.1. The molecule has 9 heteroatoms. The molecular formula is C18H18F3N3O2S. The minimum atomic E-state index is -4.44. The van der Waals surface area contributed by atoms with Crippen molar-refractivity contribution < 1.29 is 22.2 Å². The number of rotatable bonds is 4. The molecule has 5 nitrogen and oxygen atoms in total. The van der Waals surface area contributed by atoms with Gasteiger partial charge in [0.2, 0.25) is 0 Å². The van der Waals surface area contributed by atoms with Crippen molar-refractivity contribution in [3.8, 4) is 5.69 Å².